The minimum absolute atomic E-state index is 0.164. The summed E-state index contributed by atoms with van der Waals surface area (Å²) in [6.45, 7) is 12.1. The average molecular weight is 1980 g/mol. The number of pyridine rings is 1. The molecule has 0 aromatic carbocycles. The Morgan fingerprint density at radius 2 is 0.698 bits per heavy atom. The van der Waals surface area contributed by atoms with Crippen LogP contribution in [0, 0.1) is 11.1 Å². The number of Topliss-reactive ketones (excluding diaryl/α,β-unsaturated/α-hetero) is 1. The fourth-order valence-corrected chi connectivity index (χ4v) is 30.5. The van der Waals surface area contributed by atoms with Crippen LogP contribution in [0.2, 0.25) is 0 Å². The van der Waals surface area contributed by atoms with Gasteiger partial charge in [0.05, 0.1) is 79.9 Å². The van der Waals surface area contributed by atoms with Gasteiger partial charge in [-0.2, -0.15) is 0 Å². The predicted octanol–water partition coefficient (Wildman–Crippen LogP) is 18.6. The number of anilines is 5. The van der Waals surface area contributed by atoms with Crippen LogP contribution in [0.3, 0.4) is 0 Å². The maximum atomic E-state index is 12.6. The summed E-state index contributed by atoms with van der Waals surface area (Å²) in [6.07, 6.45) is 56.8. The molecule has 0 spiro atoms. The monoisotopic (exact) mass is 1980 g/mol. The minimum Gasteiger partial charge on any atom is -0.633 e. The molecule has 12 aliphatic rings. The van der Waals surface area contributed by atoms with Crippen LogP contribution < -0.4 is 26.6 Å². The van der Waals surface area contributed by atoms with Crippen LogP contribution in [0.25, 0.3) is 51.1 Å². The van der Waals surface area contributed by atoms with Gasteiger partial charge in [-0.05, 0) is 305 Å². The average Bonchev–Trinajstić information content (AvgIpc) is 1.64. The first-order chi connectivity index (χ1) is 67.7. The first kappa shape index (κ1) is 99.4. The van der Waals surface area contributed by atoms with Crippen LogP contribution in [-0.4, -0.2) is 275 Å². The molecule has 2 amide bonds. The standard InChI is InChI=1S/C24H29N5OS.C23H33N5OS.C22H31N5O2S.C20H30N4S.C17H24N4OS/c1-29(14-19(30)12-16-4-3-11-25-13-16)18-9-7-17(8-10-18)28-23-22-20-5-2-6-21(20)31-24(22)27-15-26-23;1-27(14-20(29)28-12-3-2-4-13-28)17-10-8-16(9-11-17)26-22-21-18-6-5-7-19(18)30-23(21)25-15-24-22;1-26(13-19(28)27-9-11-29-12-10-27)16-7-5-15(6-8-16)25-21-20-17-3-2-4-18(17)30-22(20)24-14-23-21;1-13(2)11-24(3)15-9-7-14(8-10-15)23-19-18-16-5-4-6-17(16)25-20(18)22-12-21-19;1-21(2,22)12-8-6-11(7-9-12)20-16-15-13-4-3-5-14(13)23-17(15)19-10-18-16/h3-4,11,13,15,17-18H,2,5-10,12,14H2,1H3,(H,26,27,28);15-17H,2-14H2,1H3,(H,24,25,26);14-16H,2-13H2,1H3,(H,23,24,25);12-15H,4-11H2,1-3H3,(H,21,22,23);10-12H,3-9H2,1-2H3,(H,18,19,20). The zero-order valence-corrected chi connectivity index (χ0v) is 87.4. The van der Waals surface area contributed by atoms with E-state index in [4.69, 9.17) is 4.74 Å². The normalized spacial score (nSPS) is 23.5. The fourth-order valence-electron chi connectivity index (χ4n) is 24.4. The van der Waals surface area contributed by atoms with Crippen molar-refractivity contribution in [3.05, 3.63) is 119 Å². The lowest BCUT2D eigenvalue weighted by molar-refractivity contribution is -0.868. The molecule has 33 heteroatoms. The molecule has 10 aliphatic carbocycles. The molecule has 5 N–H and O–H groups in total. The number of hydroxylamine groups is 3. The van der Waals surface area contributed by atoms with Crippen molar-refractivity contribution < 1.29 is 23.8 Å². The van der Waals surface area contributed by atoms with Crippen molar-refractivity contribution in [3.8, 4) is 0 Å². The van der Waals surface area contributed by atoms with Gasteiger partial charge in [0.15, 0.2) is 5.78 Å². The third-order valence-corrected chi connectivity index (χ3v) is 38.1. The number of ether oxygens (including phenoxy) is 1. The fraction of sp³-hybridized carbons (Fsp3) is 0.642. The smallest absolute Gasteiger partial charge is 0.236 e. The van der Waals surface area contributed by atoms with Gasteiger partial charge in [0.25, 0.3) is 0 Å². The SMILES string of the molecule is CC(C)CN(C)C1CCC(Nc2ncnc3sc4c(c23)CCC4)CC1.CN(CC(=O)Cc1cccnc1)C1CCC(Nc2ncnc3sc4c(c23)CCC4)CC1.CN(CC(=O)N1CCCCC1)C1CCC(Nc2ncnc3sc4c(c23)CCC4)CC1.CN(CC(=O)N1CCOCC1)C1CCC(Nc2ncnc3sc4c(c23)CCC4)CC1.C[N+](C)([O-])C1CCC(Nc2ncnc3sc4c(c23)CCC4)CC1. The molecule has 11 aromatic rings. The summed E-state index contributed by atoms with van der Waals surface area (Å²) >= 11 is 9.24. The maximum absolute atomic E-state index is 12.6. The van der Waals surface area contributed by atoms with E-state index in [1.165, 1.54) is 200 Å². The Morgan fingerprint density at radius 3 is 1.00 bits per heavy atom. The zero-order valence-electron chi connectivity index (χ0n) is 83.3. The number of ketones is 1. The summed E-state index contributed by atoms with van der Waals surface area (Å²) in [7, 11) is 12.1. The van der Waals surface area contributed by atoms with Crippen molar-refractivity contribution in [2.24, 2.45) is 5.92 Å². The molecule has 13 heterocycles. The lowest BCUT2D eigenvalue weighted by Crippen LogP contribution is -2.48. The number of piperidine rings is 1. The van der Waals surface area contributed by atoms with E-state index in [9.17, 15) is 19.6 Å². The quantitative estimate of drug-likeness (QED) is 0.0262. The van der Waals surface area contributed by atoms with Gasteiger partial charge in [0, 0.05) is 143 Å². The van der Waals surface area contributed by atoms with E-state index in [2.05, 4.69) is 148 Å². The number of rotatable bonds is 25. The van der Waals surface area contributed by atoms with Crippen LogP contribution in [-0.2, 0) is 89.7 Å². The number of thiophene rings is 5. The Hall–Kier alpha value is -8.32. The van der Waals surface area contributed by atoms with E-state index >= 15 is 0 Å². The number of amides is 2. The first-order valence-electron chi connectivity index (χ1n) is 52.7. The number of aromatic nitrogens is 11. The van der Waals surface area contributed by atoms with Crippen molar-refractivity contribution in [1.29, 1.82) is 0 Å². The molecule has 11 aromatic heterocycles. The summed E-state index contributed by atoms with van der Waals surface area (Å²) < 4.78 is 5.19. The van der Waals surface area contributed by atoms with E-state index < -0.39 is 0 Å². The van der Waals surface area contributed by atoms with Gasteiger partial charge in [-0.3, -0.25) is 34.1 Å². The van der Waals surface area contributed by atoms with Crippen molar-refractivity contribution in [2.45, 2.75) is 325 Å². The highest BCUT2D eigenvalue weighted by Crippen LogP contribution is 2.47. The Bertz CT molecular complexity index is 5820. The number of carbonyl (C=O) groups is 3. The Balaban J connectivity index is 0.000000111. The van der Waals surface area contributed by atoms with Gasteiger partial charge in [-0.15, -0.1) is 56.7 Å². The number of carbonyl (C=O) groups excluding carboxylic acids is 3. The summed E-state index contributed by atoms with van der Waals surface area (Å²) in [6, 6.07) is 8.60. The molecule has 0 unspecified atom stereocenters. The number of aryl methyl sites for hydroxylation is 10. The molecule has 0 atom stereocenters. The predicted molar refractivity (Wildman–Crippen MR) is 567 cm³/mol. The molecule has 2 aliphatic heterocycles. The highest BCUT2D eigenvalue weighted by Gasteiger charge is 2.37. The molecular weight excluding hydrogens is 1840 g/mol. The molecule has 5 saturated carbocycles. The topological polar surface area (TPSA) is 305 Å². The summed E-state index contributed by atoms with van der Waals surface area (Å²) in [5.41, 5.74) is 8.43. The summed E-state index contributed by atoms with van der Waals surface area (Å²) in [4.78, 5) is 114. The molecule has 746 valence electrons. The van der Waals surface area contributed by atoms with Crippen molar-refractivity contribution in [3.63, 3.8) is 0 Å². The van der Waals surface area contributed by atoms with Crippen LogP contribution in [0.5, 0.6) is 0 Å². The third kappa shape index (κ3) is 24.2. The Labute approximate surface area is 840 Å². The first-order valence-corrected chi connectivity index (χ1v) is 56.8. The number of nitrogens with zero attached hydrogens (tertiary/aromatic N) is 18. The highest BCUT2D eigenvalue weighted by atomic mass is 32.1. The highest BCUT2D eigenvalue weighted by molar-refractivity contribution is 7.20. The van der Waals surface area contributed by atoms with Crippen LogP contribution in [0.1, 0.15) is 251 Å². The van der Waals surface area contributed by atoms with E-state index in [0.29, 0.717) is 93.5 Å². The molecule has 0 radical (unpaired) electrons. The zero-order chi connectivity index (χ0) is 95.6. The molecule has 0 bridgehead atoms. The number of morpholine rings is 1. The number of nitrogens with one attached hydrogen (secondary N) is 5. The number of likely N-dealkylation sites (N-methyl/N-ethyl adjacent to an activating group) is 3. The summed E-state index contributed by atoms with van der Waals surface area (Å²) in [5.74, 6) is 6.73. The molecule has 2 saturated heterocycles. The van der Waals surface area contributed by atoms with Gasteiger partial charge in [0.2, 0.25) is 11.8 Å². The van der Waals surface area contributed by atoms with Gasteiger partial charge in [-0.1, -0.05) is 19.9 Å². The second-order valence-electron chi connectivity index (χ2n) is 42.6. The number of fused-ring (bicyclic) bond motifs is 15. The van der Waals surface area contributed by atoms with Crippen LogP contribution in [0.4, 0.5) is 29.1 Å². The molecule has 139 heavy (non-hydrogen) atoms. The second-order valence-corrected chi connectivity index (χ2v) is 48.0. The number of hydrogen-bond donors (Lipinski definition) is 5. The number of quaternary nitrogens is 1. The van der Waals surface area contributed by atoms with Gasteiger partial charge >= 0.3 is 0 Å². The van der Waals surface area contributed by atoms with Crippen LogP contribution >= 0.6 is 56.7 Å². The van der Waals surface area contributed by atoms with E-state index in [-0.39, 0.29) is 22.4 Å². The number of likely N-dealkylation sites (tertiary alicyclic amines) is 1. The van der Waals surface area contributed by atoms with E-state index in [1.807, 2.05) is 73.7 Å². The van der Waals surface area contributed by atoms with E-state index in [1.54, 1.807) is 58.1 Å². The number of hydrogen-bond acceptors (Lipinski definition) is 30. The second kappa shape index (κ2) is 46.2. The third-order valence-electron chi connectivity index (χ3n) is 32.1. The Kier molecular flexibility index (Phi) is 33.0. The van der Waals surface area contributed by atoms with Crippen molar-refractivity contribution >= 4 is 154 Å². The van der Waals surface area contributed by atoms with Crippen molar-refractivity contribution in [1.82, 2.24) is 84.2 Å². The molecule has 28 nitrogen and oxygen atoms in total. The van der Waals surface area contributed by atoms with Crippen molar-refractivity contribution in [2.75, 3.05) is 134 Å². The van der Waals surface area contributed by atoms with Gasteiger partial charge in [0.1, 0.15) is 84.9 Å². The Morgan fingerprint density at radius 1 is 0.396 bits per heavy atom. The lowest BCUT2D eigenvalue weighted by Gasteiger charge is -2.45. The van der Waals surface area contributed by atoms with Gasteiger partial charge < -0.3 is 55.9 Å². The molecular formula is C106H147N23O5S5. The molecule has 7 fully saturated rings. The van der Waals surface area contributed by atoms with Gasteiger partial charge in [-0.25, -0.2) is 49.8 Å². The van der Waals surface area contributed by atoms with Crippen LogP contribution in [0.15, 0.2) is 56.2 Å². The largest absolute Gasteiger partial charge is 0.633 e. The lowest BCUT2D eigenvalue weighted by atomic mass is 9.90. The minimum atomic E-state index is -0.164. The summed E-state index contributed by atoms with van der Waals surface area (Å²) in [5, 5.41) is 37.1. The maximum Gasteiger partial charge on any atom is 0.236 e. The molecule has 23 rings (SSSR count). The van der Waals surface area contributed by atoms with E-state index in [0.717, 1.165) is 227 Å².